The maximum absolute atomic E-state index is 12.3. The molecule has 4 nitrogen and oxygen atoms in total. The molecule has 0 amide bonds. The second kappa shape index (κ2) is 8.92. The van der Waals surface area contributed by atoms with Crippen molar-refractivity contribution in [1.29, 1.82) is 0 Å². The number of carboxylic acid groups (broad SMARTS) is 1. The number of hydrogen-bond acceptors (Lipinski definition) is 3. The molecule has 1 aromatic rings. The van der Waals surface area contributed by atoms with Crippen molar-refractivity contribution in [1.82, 2.24) is 4.98 Å². The normalized spacial score (nSPS) is 11.7. The van der Waals surface area contributed by atoms with Gasteiger partial charge in [-0.05, 0) is 31.9 Å². The van der Waals surface area contributed by atoms with Crippen LogP contribution in [0.25, 0.3) is 0 Å². The van der Waals surface area contributed by atoms with Crippen LogP contribution in [0.3, 0.4) is 0 Å². The fourth-order valence-electron chi connectivity index (χ4n) is 1.24. The average molecular weight is 367 g/mol. The third kappa shape index (κ3) is 8.60. The Morgan fingerprint density at radius 2 is 1.74 bits per heavy atom. The first-order chi connectivity index (χ1) is 10.4. The first-order valence-corrected chi connectivity index (χ1v) is 6.49. The third-order valence-electron chi connectivity index (χ3n) is 2.35. The fraction of sp³-hybridized carbons (Fsp3) is 0.500. The molecule has 0 bridgehead atoms. The quantitative estimate of drug-likeness (QED) is 0.629. The van der Waals surface area contributed by atoms with Crippen LogP contribution in [-0.2, 0) is 17.4 Å². The van der Waals surface area contributed by atoms with Crippen molar-refractivity contribution in [2.45, 2.75) is 31.6 Å². The zero-order chi connectivity index (χ0) is 18.3. The molecule has 0 saturated heterocycles. The fourth-order valence-corrected chi connectivity index (χ4v) is 1.50. The number of carbonyl (C=O) groups is 1. The number of aromatic nitrogens is 1. The number of unbranched alkanes of at least 4 members (excludes halogenated alkanes) is 1. The van der Waals surface area contributed by atoms with E-state index < -0.39 is 23.9 Å². The van der Waals surface area contributed by atoms with Crippen molar-refractivity contribution in [3.63, 3.8) is 0 Å². The monoisotopic (exact) mass is 366 g/mol. The lowest BCUT2D eigenvalue weighted by molar-refractivity contribution is -0.192. The summed E-state index contributed by atoms with van der Waals surface area (Å²) in [4.78, 5) is 12.6. The average Bonchev–Trinajstić information content (AvgIpc) is 2.39. The summed E-state index contributed by atoms with van der Waals surface area (Å²) >= 11 is 5.72. The van der Waals surface area contributed by atoms with Crippen molar-refractivity contribution in [2.75, 3.05) is 6.54 Å². The summed E-state index contributed by atoms with van der Waals surface area (Å²) in [6.45, 7) is 0.554. The molecule has 0 saturated carbocycles. The Labute approximate surface area is 132 Å². The van der Waals surface area contributed by atoms with Gasteiger partial charge in [0.15, 0.2) is 0 Å². The number of nitrogens with zero attached hydrogens (tertiary/aromatic N) is 1. The van der Waals surface area contributed by atoms with Gasteiger partial charge in [-0.25, -0.2) is 4.79 Å². The van der Waals surface area contributed by atoms with E-state index in [1.165, 1.54) is 0 Å². The van der Waals surface area contributed by atoms with Crippen molar-refractivity contribution in [2.24, 2.45) is 5.73 Å². The maximum atomic E-state index is 12.3. The zero-order valence-corrected chi connectivity index (χ0v) is 12.3. The molecule has 132 valence electrons. The van der Waals surface area contributed by atoms with Gasteiger partial charge in [0.1, 0.15) is 0 Å². The van der Waals surface area contributed by atoms with Gasteiger partial charge in [-0.3, -0.25) is 4.98 Å². The maximum Gasteiger partial charge on any atom is 0.490 e. The number of nitrogens with two attached hydrogens (primary N) is 1. The molecular formula is C12H13ClF6N2O2. The van der Waals surface area contributed by atoms with E-state index in [0.29, 0.717) is 18.7 Å². The number of carboxylic acids is 1. The van der Waals surface area contributed by atoms with Gasteiger partial charge in [0.05, 0.1) is 16.3 Å². The van der Waals surface area contributed by atoms with Gasteiger partial charge >= 0.3 is 18.3 Å². The summed E-state index contributed by atoms with van der Waals surface area (Å²) in [5, 5.41) is 7.19. The predicted octanol–water partition coefficient (Wildman–Crippen LogP) is 3.67. The summed E-state index contributed by atoms with van der Waals surface area (Å²) in [7, 11) is 0. The highest BCUT2D eigenvalue weighted by Crippen LogP contribution is 2.31. The summed E-state index contributed by atoms with van der Waals surface area (Å²) < 4.78 is 68.6. The van der Waals surface area contributed by atoms with E-state index >= 15 is 0 Å². The zero-order valence-electron chi connectivity index (χ0n) is 11.5. The molecule has 3 N–H and O–H groups in total. The van der Waals surface area contributed by atoms with E-state index in [4.69, 9.17) is 27.2 Å². The molecule has 1 rings (SSSR count). The van der Waals surface area contributed by atoms with Gasteiger partial charge in [-0.15, -0.1) is 0 Å². The molecule has 0 aliphatic carbocycles. The van der Waals surface area contributed by atoms with E-state index in [0.717, 1.165) is 25.1 Å². The van der Waals surface area contributed by atoms with Crippen LogP contribution in [0.1, 0.15) is 24.1 Å². The Hall–Kier alpha value is -1.55. The summed E-state index contributed by atoms with van der Waals surface area (Å²) in [6, 6.07) is 0.909. The Morgan fingerprint density at radius 3 is 2.09 bits per heavy atom. The Kier molecular flexibility index (Phi) is 8.32. The molecular weight excluding hydrogens is 354 g/mol. The van der Waals surface area contributed by atoms with Gasteiger partial charge in [0.25, 0.3) is 0 Å². The largest absolute Gasteiger partial charge is 0.490 e. The molecule has 23 heavy (non-hydrogen) atoms. The molecule has 0 aliphatic rings. The third-order valence-corrected chi connectivity index (χ3v) is 2.68. The van der Waals surface area contributed by atoms with Crippen molar-refractivity contribution in [3.05, 3.63) is 28.5 Å². The molecule has 0 fully saturated rings. The number of rotatable bonds is 4. The van der Waals surface area contributed by atoms with Gasteiger partial charge in [-0.1, -0.05) is 11.6 Å². The van der Waals surface area contributed by atoms with Crippen LogP contribution in [0.2, 0.25) is 5.02 Å². The molecule has 11 heteroatoms. The number of halogens is 7. The number of alkyl halides is 6. The van der Waals surface area contributed by atoms with E-state index in [9.17, 15) is 26.3 Å². The van der Waals surface area contributed by atoms with Crippen LogP contribution in [0, 0.1) is 0 Å². The van der Waals surface area contributed by atoms with E-state index in [2.05, 4.69) is 4.98 Å². The number of pyridine rings is 1. The van der Waals surface area contributed by atoms with Crippen LogP contribution < -0.4 is 5.73 Å². The Balaban J connectivity index is 0.000000585. The summed E-state index contributed by atoms with van der Waals surface area (Å²) in [6.07, 6.45) is -6.54. The molecule has 0 atom stereocenters. The molecule has 0 radical (unpaired) electrons. The van der Waals surface area contributed by atoms with Crippen molar-refractivity contribution >= 4 is 17.6 Å². The van der Waals surface area contributed by atoms with Crippen LogP contribution in [0.15, 0.2) is 12.3 Å². The molecule has 1 heterocycles. The molecule has 0 aliphatic heterocycles. The SMILES string of the molecule is NCCCCc1ncc(C(F)(F)F)cc1Cl.O=C(O)C(F)(F)F. The standard InChI is InChI=1S/C10H12ClF3N2.C2HF3O2/c11-8-5-7(10(12,13)14)6-16-9(8)3-1-2-4-15;3-2(4,5)1(6)7/h5-6H,1-4,15H2;(H,6,7). The summed E-state index contributed by atoms with van der Waals surface area (Å²) in [5.74, 6) is -2.76. The first kappa shape index (κ1) is 21.4. The highest BCUT2D eigenvalue weighted by Gasteiger charge is 2.38. The highest BCUT2D eigenvalue weighted by atomic mass is 35.5. The minimum absolute atomic E-state index is 0.0619. The lowest BCUT2D eigenvalue weighted by atomic mass is 10.1. The minimum atomic E-state index is -5.08. The van der Waals surface area contributed by atoms with Gasteiger partial charge in [-0.2, -0.15) is 26.3 Å². The van der Waals surface area contributed by atoms with Crippen LogP contribution in [0.5, 0.6) is 0 Å². The van der Waals surface area contributed by atoms with Gasteiger partial charge in [0, 0.05) is 6.20 Å². The molecule has 0 unspecified atom stereocenters. The number of aryl methyl sites for hydroxylation is 1. The lowest BCUT2D eigenvalue weighted by Crippen LogP contribution is -2.21. The van der Waals surface area contributed by atoms with Crippen molar-refractivity contribution in [3.8, 4) is 0 Å². The van der Waals surface area contributed by atoms with Crippen LogP contribution in [0.4, 0.5) is 26.3 Å². The van der Waals surface area contributed by atoms with E-state index in [1.807, 2.05) is 0 Å². The van der Waals surface area contributed by atoms with Crippen LogP contribution >= 0.6 is 11.6 Å². The predicted molar refractivity (Wildman–Crippen MR) is 69.9 cm³/mol. The topological polar surface area (TPSA) is 76.2 Å². The lowest BCUT2D eigenvalue weighted by Gasteiger charge is -2.08. The second-order valence-corrected chi connectivity index (χ2v) is 4.61. The second-order valence-electron chi connectivity index (χ2n) is 4.20. The van der Waals surface area contributed by atoms with Gasteiger partial charge < -0.3 is 10.8 Å². The van der Waals surface area contributed by atoms with E-state index in [-0.39, 0.29) is 5.02 Å². The highest BCUT2D eigenvalue weighted by molar-refractivity contribution is 6.31. The van der Waals surface area contributed by atoms with Crippen molar-refractivity contribution < 1.29 is 36.2 Å². The molecule has 0 aromatic carbocycles. The smallest absolute Gasteiger partial charge is 0.475 e. The first-order valence-electron chi connectivity index (χ1n) is 6.11. The minimum Gasteiger partial charge on any atom is -0.475 e. The molecule has 0 spiro atoms. The Morgan fingerprint density at radius 1 is 1.22 bits per heavy atom. The van der Waals surface area contributed by atoms with Crippen LogP contribution in [-0.4, -0.2) is 28.8 Å². The van der Waals surface area contributed by atoms with Gasteiger partial charge in [0.2, 0.25) is 0 Å². The summed E-state index contributed by atoms with van der Waals surface area (Å²) in [5.41, 5.74) is 4.98. The number of hydrogen-bond donors (Lipinski definition) is 2. The van der Waals surface area contributed by atoms with E-state index in [1.54, 1.807) is 0 Å². The number of aliphatic carboxylic acids is 1. The Bertz CT molecular complexity index is 519. The molecule has 1 aromatic heterocycles.